The average molecular weight is 421 g/mol. The molecule has 0 heterocycles. The Balaban J connectivity index is 5.07. The number of carboxylic acid groups (broad SMARTS) is 1. The summed E-state index contributed by atoms with van der Waals surface area (Å²) in [5.41, 5.74) is 5.95. The largest absolute Gasteiger partial charge is 0.480 e. The number of carbonyl (C=O) groups excluding carboxylic acids is 1. The van der Waals surface area contributed by atoms with Crippen LogP contribution >= 0.6 is 12.6 Å². The van der Waals surface area contributed by atoms with E-state index in [1.54, 1.807) is 0 Å². The molecule has 7 N–H and O–H groups in total. The molecule has 166 valence electrons. The zero-order valence-corrected chi connectivity index (χ0v) is 18.5. The first-order valence-electron chi connectivity index (χ1n) is 10.2. The van der Waals surface area contributed by atoms with E-state index in [1.165, 1.54) is 0 Å². The minimum absolute atomic E-state index is 0.0209. The van der Waals surface area contributed by atoms with Gasteiger partial charge in [-0.2, -0.15) is 12.6 Å². The summed E-state index contributed by atoms with van der Waals surface area (Å²) in [6, 6.07) is -1.53. The highest BCUT2D eigenvalue weighted by Gasteiger charge is 2.29. The van der Waals surface area contributed by atoms with E-state index in [2.05, 4.69) is 42.4 Å². The van der Waals surface area contributed by atoms with Gasteiger partial charge < -0.3 is 31.9 Å². The van der Waals surface area contributed by atoms with Gasteiger partial charge in [-0.05, 0) is 11.8 Å². The first-order valence-corrected chi connectivity index (χ1v) is 10.8. The van der Waals surface area contributed by atoms with E-state index >= 15 is 0 Å². The van der Waals surface area contributed by atoms with E-state index < -0.39 is 18.1 Å². The Hall–Kier alpha value is -0.870. The predicted octanol–water partition coefficient (Wildman–Crippen LogP) is 0.204. The van der Waals surface area contributed by atoms with Gasteiger partial charge in [-0.3, -0.25) is 4.79 Å². The fourth-order valence-electron chi connectivity index (χ4n) is 2.82. The van der Waals surface area contributed by atoms with Crippen molar-refractivity contribution in [1.82, 2.24) is 16.0 Å². The SMILES string of the molecule is CCC(C)[C@@H](CN[C@H](C(=O)N[C@@H](CCO)C(=O)O)[C@@H](C)CC)NC[C@@H](N)CS. The normalized spacial score (nSPS) is 18.0. The molecule has 0 saturated carbocycles. The van der Waals surface area contributed by atoms with Gasteiger partial charge in [0.2, 0.25) is 5.91 Å². The molecular formula is C19H40N4O4S. The van der Waals surface area contributed by atoms with Crippen molar-refractivity contribution in [2.75, 3.05) is 25.4 Å². The van der Waals surface area contributed by atoms with Gasteiger partial charge in [-0.15, -0.1) is 0 Å². The molecule has 0 spiro atoms. The van der Waals surface area contributed by atoms with Gasteiger partial charge in [0.15, 0.2) is 0 Å². The number of carboxylic acids is 1. The molecular weight excluding hydrogens is 380 g/mol. The summed E-state index contributed by atoms with van der Waals surface area (Å²) >= 11 is 4.21. The molecule has 1 amide bonds. The molecule has 0 bridgehead atoms. The molecule has 8 nitrogen and oxygen atoms in total. The van der Waals surface area contributed by atoms with Gasteiger partial charge in [0, 0.05) is 44.0 Å². The number of aliphatic carboxylic acids is 1. The van der Waals surface area contributed by atoms with Gasteiger partial charge in [0.25, 0.3) is 0 Å². The molecule has 0 fully saturated rings. The van der Waals surface area contributed by atoms with Crippen LogP contribution in [0.1, 0.15) is 47.0 Å². The zero-order valence-electron chi connectivity index (χ0n) is 17.6. The Labute approximate surface area is 174 Å². The molecule has 0 aromatic carbocycles. The number of carbonyl (C=O) groups is 2. The molecule has 1 unspecified atom stereocenters. The lowest BCUT2D eigenvalue weighted by molar-refractivity contribution is -0.142. The van der Waals surface area contributed by atoms with Crippen molar-refractivity contribution in [2.45, 2.75) is 71.1 Å². The van der Waals surface area contributed by atoms with E-state index in [4.69, 9.17) is 10.8 Å². The highest BCUT2D eigenvalue weighted by Crippen LogP contribution is 2.12. The Morgan fingerprint density at radius 1 is 1.07 bits per heavy atom. The third kappa shape index (κ3) is 10.1. The smallest absolute Gasteiger partial charge is 0.326 e. The average Bonchev–Trinajstić information content (AvgIpc) is 2.68. The predicted molar refractivity (Wildman–Crippen MR) is 116 cm³/mol. The van der Waals surface area contributed by atoms with Crippen molar-refractivity contribution in [3.05, 3.63) is 0 Å². The monoisotopic (exact) mass is 420 g/mol. The van der Waals surface area contributed by atoms with Crippen LogP contribution in [0, 0.1) is 11.8 Å². The fraction of sp³-hybridized carbons (Fsp3) is 0.895. The Bertz CT molecular complexity index is 456. The minimum atomic E-state index is -1.15. The van der Waals surface area contributed by atoms with E-state index in [9.17, 15) is 14.7 Å². The van der Waals surface area contributed by atoms with Crippen LogP contribution in [0.5, 0.6) is 0 Å². The summed E-state index contributed by atoms with van der Waals surface area (Å²) < 4.78 is 0. The van der Waals surface area contributed by atoms with Crippen LogP contribution < -0.4 is 21.7 Å². The van der Waals surface area contributed by atoms with Crippen LogP contribution in [0.25, 0.3) is 0 Å². The number of aliphatic hydroxyl groups excluding tert-OH is 1. The van der Waals surface area contributed by atoms with E-state index in [0.29, 0.717) is 24.8 Å². The number of hydrogen-bond acceptors (Lipinski definition) is 7. The zero-order chi connectivity index (χ0) is 21.7. The first kappa shape index (κ1) is 27.1. The topological polar surface area (TPSA) is 137 Å². The molecule has 0 saturated heterocycles. The summed E-state index contributed by atoms with van der Waals surface area (Å²) in [7, 11) is 0. The number of amides is 1. The van der Waals surface area contributed by atoms with Crippen molar-refractivity contribution >= 4 is 24.5 Å². The summed E-state index contributed by atoms with van der Waals surface area (Å²) in [5, 5.41) is 27.6. The Morgan fingerprint density at radius 3 is 2.14 bits per heavy atom. The molecule has 0 aliphatic heterocycles. The van der Waals surface area contributed by atoms with Crippen molar-refractivity contribution in [3.63, 3.8) is 0 Å². The molecule has 0 radical (unpaired) electrons. The Kier molecular flexibility index (Phi) is 14.6. The molecule has 0 aliphatic carbocycles. The van der Waals surface area contributed by atoms with Crippen molar-refractivity contribution in [1.29, 1.82) is 0 Å². The maximum Gasteiger partial charge on any atom is 0.326 e. The summed E-state index contributed by atoms with van der Waals surface area (Å²) in [5.74, 6) is -0.509. The van der Waals surface area contributed by atoms with E-state index in [0.717, 1.165) is 12.8 Å². The number of nitrogens with two attached hydrogens (primary N) is 1. The minimum Gasteiger partial charge on any atom is -0.480 e. The first-order chi connectivity index (χ1) is 13.2. The maximum absolute atomic E-state index is 12.7. The number of thiol groups is 1. The van der Waals surface area contributed by atoms with Gasteiger partial charge >= 0.3 is 5.97 Å². The number of nitrogens with one attached hydrogen (secondary N) is 3. The molecule has 0 aromatic heterocycles. The van der Waals surface area contributed by atoms with Crippen molar-refractivity contribution in [3.8, 4) is 0 Å². The van der Waals surface area contributed by atoms with Crippen LogP contribution in [-0.2, 0) is 9.59 Å². The lowest BCUT2D eigenvalue weighted by Crippen LogP contribution is -2.56. The van der Waals surface area contributed by atoms with Crippen LogP contribution in [-0.4, -0.2) is 71.7 Å². The molecule has 0 rings (SSSR count). The molecule has 9 heteroatoms. The highest BCUT2D eigenvalue weighted by atomic mass is 32.1. The second kappa shape index (κ2) is 15.0. The third-order valence-corrected chi connectivity index (χ3v) is 5.76. The van der Waals surface area contributed by atoms with Crippen molar-refractivity contribution < 1.29 is 19.8 Å². The summed E-state index contributed by atoms with van der Waals surface area (Å²) in [6.07, 6.45) is 1.73. The fourth-order valence-corrected chi connectivity index (χ4v) is 2.95. The van der Waals surface area contributed by atoms with Gasteiger partial charge in [-0.25, -0.2) is 4.79 Å². The molecule has 28 heavy (non-hydrogen) atoms. The Morgan fingerprint density at radius 2 is 1.68 bits per heavy atom. The number of rotatable bonds is 16. The second-order valence-corrected chi connectivity index (χ2v) is 7.89. The second-order valence-electron chi connectivity index (χ2n) is 7.53. The lowest BCUT2D eigenvalue weighted by atomic mass is 9.95. The number of hydrogen-bond donors (Lipinski definition) is 7. The van der Waals surface area contributed by atoms with Crippen LogP contribution in [0.3, 0.4) is 0 Å². The quantitative estimate of drug-likeness (QED) is 0.177. The standard InChI is InChI=1S/C19H40N4O4S/c1-5-12(3)16(21-9-14(20)11-28)10-22-17(13(4)6-2)18(25)23-15(7-8-24)19(26)27/h12-17,21-22,24,28H,5-11,20H2,1-4H3,(H,23,25)(H,26,27)/t12?,13-,14+,15-,16+,17-/m0/s1. The van der Waals surface area contributed by atoms with Crippen LogP contribution in [0.15, 0.2) is 0 Å². The molecule has 0 aromatic rings. The summed E-state index contributed by atoms with van der Waals surface area (Å²) in [4.78, 5) is 24.0. The van der Waals surface area contributed by atoms with Gasteiger partial charge in [-0.1, -0.05) is 40.5 Å². The van der Waals surface area contributed by atoms with Crippen LogP contribution in [0.4, 0.5) is 0 Å². The van der Waals surface area contributed by atoms with E-state index in [1.807, 2.05) is 13.8 Å². The van der Waals surface area contributed by atoms with Gasteiger partial charge in [0.05, 0.1) is 6.04 Å². The van der Waals surface area contributed by atoms with Gasteiger partial charge in [0.1, 0.15) is 6.04 Å². The van der Waals surface area contributed by atoms with E-state index in [-0.39, 0.29) is 36.9 Å². The van der Waals surface area contributed by atoms with Crippen LogP contribution in [0.2, 0.25) is 0 Å². The van der Waals surface area contributed by atoms with Crippen molar-refractivity contribution in [2.24, 2.45) is 17.6 Å². The summed E-state index contributed by atoms with van der Waals surface area (Å²) in [6.45, 7) is 9.11. The molecule has 6 atom stereocenters. The number of aliphatic hydroxyl groups is 1. The third-order valence-electron chi connectivity index (χ3n) is 5.29. The lowest BCUT2D eigenvalue weighted by Gasteiger charge is -2.30. The molecule has 0 aliphatic rings. The highest BCUT2D eigenvalue weighted by molar-refractivity contribution is 7.80. The maximum atomic E-state index is 12.7.